The van der Waals surface area contributed by atoms with E-state index in [1.165, 1.54) is 18.4 Å². The highest BCUT2D eigenvalue weighted by molar-refractivity contribution is 5.69. The summed E-state index contributed by atoms with van der Waals surface area (Å²) in [5.41, 5.74) is 1.69. The maximum atomic E-state index is 12.3. The first-order chi connectivity index (χ1) is 11.7. The third-order valence-corrected chi connectivity index (χ3v) is 7.11. The van der Waals surface area contributed by atoms with Crippen molar-refractivity contribution in [2.24, 2.45) is 16.7 Å². The Hall–Kier alpha value is -1.55. The van der Waals surface area contributed by atoms with Crippen molar-refractivity contribution in [3.8, 4) is 0 Å². The van der Waals surface area contributed by atoms with Gasteiger partial charge in [0.05, 0.1) is 6.04 Å². The molecule has 1 N–H and O–H groups in total. The summed E-state index contributed by atoms with van der Waals surface area (Å²) in [4.78, 5) is 15.0. The molecule has 3 aliphatic carbocycles. The largest absolute Gasteiger partial charge is 0.444 e. The van der Waals surface area contributed by atoms with E-state index in [4.69, 9.17) is 4.74 Å². The van der Waals surface area contributed by atoms with Crippen LogP contribution in [0, 0.1) is 16.7 Å². The summed E-state index contributed by atoms with van der Waals surface area (Å²) in [6.45, 7) is 9.21. The summed E-state index contributed by atoms with van der Waals surface area (Å²) in [6.07, 6.45) is 2.29. The molecule has 5 fully saturated rings. The molecule has 3 unspecified atom stereocenters. The van der Waals surface area contributed by atoms with Gasteiger partial charge in [-0.2, -0.15) is 0 Å². The lowest BCUT2D eigenvalue weighted by Gasteiger charge is -2.35. The van der Waals surface area contributed by atoms with Crippen molar-refractivity contribution in [3.05, 3.63) is 35.9 Å². The van der Waals surface area contributed by atoms with Crippen LogP contribution in [0.4, 0.5) is 4.79 Å². The molecule has 0 aromatic heterocycles. The average Bonchev–Trinajstić information content (AvgIpc) is 3.26. The Morgan fingerprint density at radius 2 is 2.00 bits per heavy atom. The zero-order valence-electron chi connectivity index (χ0n) is 15.6. The maximum absolute atomic E-state index is 12.3. The molecule has 0 radical (unpaired) electrons. The second-order valence-electron chi connectivity index (χ2n) is 9.90. The van der Waals surface area contributed by atoms with E-state index in [1.807, 2.05) is 20.8 Å². The quantitative estimate of drug-likeness (QED) is 0.915. The lowest BCUT2D eigenvalue weighted by molar-refractivity contribution is 0.0514. The molecule has 6 atom stereocenters. The van der Waals surface area contributed by atoms with Gasteiger partial charge in [-0.3, -0.25) is 4.90 Å². The zero-order chi connectivity index (χ0) is 17.6. The van der Waals surface area contributed by atoms with Gasteiger partial charge in [0.25, 0.3) is 0 Å². The van der Waals surface area contributed by atoms with E-state index in [0.717, 1.165) is 12.5 Å². The van der Waals surface area contributed by atoms with Crippen molar-refractivity contribution in [1.82, 2.24) is 10.2 Å². The first-order valence-electron chi connectivity index (χ1n) is 9.54. The Morgan fingerprint density at radius 1 is 1.28 bits per heavy atom. The molecule has 4 bridgehead atoms. The third kappa shape index (κ3) is 2.13. The molecule has 3 saturated carbocycles. The Kier molecular flexibility index (Phi) is 2.88. The molecule has 2 heterocycles. The van der Waals surface area contributed by atoms with E-state index in [1.54, 1.807) is 0 Å². The molecule has 1 amide bonds. The summed E-state index contributed by atoms with van der Waals surface area (Å²) in [7, 11) is 0. The third-order valence-electron chi connectivity index (χ3n) is 7.11. The predicted octanol–water partition coefficient (Wildman–Crippen LogP) is 3.56. The number of hydrogen-bond donors (Lipinski definition) is 1. The van der Waals surface area contributed by atoms with Crippen LogP contribution in [0.3, 0.4) is 0 Å². The van der Waals surface area contributed by atoms with Crippen LogP contribution in [0.2, 0.25) is 0 Å². The highest BCUT2D eigenvalue weighted by atomic mass is 16.6. The number of ether oxygens (including phenoxy) is 1. The van der Waals surface area contributed by atoms with Crippen molar-refractivity contribution >= 4 is 6.09 Å². The van der Waals surface area contributed by atoms with Gasteiger partial charge < -0.3 is 10.1 Å². The van der Waals surface area contributed by atoms with E-state index < -0.39 is 5.60 Å². The number of carbonyl (C=O) groups is 1. The van der Waals surface area contributed by atoms with Crippen molar-refractivity contribution in [1.29, 1.82) is 0 Å². The lowest BCUT2D eigenvalue weighted by atomic mass is 9.88. The molecular weight excluding hydrogens is 312 g/mol. The van der Waals surface area contributed by atoms with E-state index in [2.05, 4.69) is 47.5 Å². The van der Waals surface area contributed by atoms with E-state index in [-0.39, 0.29) is 12.1 Å². The van der Waals surface area contributed by atoms with Gasteiger partial charge in [-0.25, -0.2) is 4.79 Å². The van der Waals surface area contributed by atoms with E-state index in [0.29, 0.717) is 22.9 Å². The van der Waals surface area contributed by atoms with Crippen molar-refractivity contribution in [2.45, 2.75) is 70.8 Å². The fraction of sp³-hybridized carbons (Fsp3) is 0.667. The van der Waals surface area contributed by atoms with Gasteiger partial charge in [-0.05, 0) is 50.5 Å². The number of hydrogen-bond acceptors (Lipinski definition) is 3. The minimum atomic E-state index is -0.443. The molecule has 6 rings (SSSR count). The van der Waals surface area contributed by atoms with Gasteiger partial charge in [-0.1, -0.05) is 37.3 Å². The molecule has 1 spiro atoms. The molecule has 2 saturated heterocycles. The molecular formula is C21H28N2O2. The van der Waals surface area contributed by atoms with Crippen LogP contribution in [0.25, 0.3) is 0 Å². The fourth-order valence-electron chi connectivity index (χ4n) is 6.29. The van der Waals surface area contributed by atoms with Crippen LogP contribution in [0.1, 0.15) is 46.1 Å². The number of rotatable bonds is 3. The first kappa shape index (κ1) is 15.7. The summed E-state index contributed by atoms with van der Waals surface area (Å²) in [5.74, 6) is 0.817. The Morgan fingerprint density at radius 3 is 2.60 bits per heavy atom. The Balaban J connectivity index is 1.36. The maximum Gasteiger partial charge on any atom is 0.407 e. The standard InChI is InChI=1S/C21H28N2O2/c1-19(2,3)25-18(24)22-15-17-21(15)10-14-16(20(14,4)12-21)23(17)11-13-8-6-5-7-9-13/h5-9,14-17H,10-12H2,1-4H3,(H,22,24)/t14-,15?,16?,17-,20+,21?/m1/s1. The molecule has 25 heavy (non-hydrogen) atoms. The monoisotopic (exact) mass is 340 g/mol. The Bertz CT molecular complexity index is 727. The summed E-state index contributed by atoms with van der Waals surface area (Å²) >= 11 is 0. The van der Waals surface area contributed by atoms with Crippen LogP contribution in [0.5, 0.6) is 0 Å². The normalized spacial score (nSPS) is 43.4. The number of benzene rings is 1. The number of amides is 1. The second kappa shape index (κ2) is 4.59. The lowest BCUT2D eigenvalue weighted by Crippen LogP contribution is -2.41. The molecule has 1 aromatic carbocycles. The first-order valence-corrected chi connectivity index (χ1v) is 9.54. The number of carbonyl (C=O) groups excluding carboxylic acids is 1. The summed E-state index contributed by atoms with van der Waals surface area (Å²) in [6, 6.07) is 12.2. The van der Waals surface area contributed by atoms with Crippen molar-refractivity contribution in [3.63, 3.8) is 0 Å². The number of nitrogens with one attached hydrogen (secondary N) is 1. The van der Waals surface area contributed by atoms with Crippen LogP contribution in [0.15, 0.2) is 30.3 Å². The number of piperidine rings is 2. The predicted molar refractivity (Wildman–Crippen MR) is 96.0 cm³/mol. The van der Waals surface area contributed by atoms with Crippen LogP contribution in [-0.2, 0) is 11.3 Å². The minimum Gasteiger partial charge on any atom is -0.444 e. The van der Waals surface area contributed by atoms with Gasteiger partial charge in [0, 0.05) is 24.0 Å². The minimum absolute atomic E-state index is 0.253. The van der Waals surface area contributed by atoms with Crippen molar-refractivity contribution in [2.75, 3.05) is 0 Å². The van der Waals surface area contributed by atoms with Crippen molar-refractivity contribution < 1.29 is 9.53 Å². The Labute approximate surface area is 149 Å². The van der Waals surface area contributed by atoms with Gasteiger partial charge in [0.15, 0.2) is 0 Å². The molecule has 2 aliphatic heterocycles. The van der Waals surface area contributed by atoms with E-state index >= 15 is 0 Å². The summed E-state index contributed by atoms with van der Waals surface area (Å²) < 4.78 is 5.51. The summed E-state index contributed by atoms with van der Waals surface area (Å²) in [5, 5.41) is 3.21. The van der Waals surface area contributed by atoms with Crippen LogP contribution < -0.4 is 5.32 Å². The molecule has 134 valence electrons. The average molecular weight is 340 g/mol. The molecule has 4 nitrogen and oxygen atoms in total. The SMILES string of the molecule is CC(C)(C)OC(=O)NC1[C@H]2N(Cc3ccccc3)C3[C@H]4CC12C[C@]34C. The molecule has 5 aliphatic rings. The topological polar surface area (TPSA) is 41.6 Å². The van der Waals surface area contributed by atoms with Gasteiger partial charge in [0.2, 0.25) is 0 Å². The highest BCUT2D eigenvalue weighted by Gasteiger charge is 2.87. The van der Waals surface area contributed by atoms with Gasteiger partial charge in [0.1, 0.15) is 5.60 Å². The van der Waals surface area contributed by atoms with Crippen LogP contribution >= 0.6 is 0 Å². The molecule has 1 aromatic rings. The zero-order valence-corrected chi connectivity index (χ0v) is 15.6. The van der Waals surface area contributed by atoms with E-state index in [9.17, 15) is 4.79 Å². The second-order valence-corrected chi connectivity index (χ2v) is 9.90. The number of alkyl carbamates (subject to hydrolysis) is 1. The number of nitrogens with zero attached hydrogens (tertiary/aromatic N) is 1. The van der Waals surface area contributed by atoms with Gasteiger partial charge >= 0.3 is 6.09 Å². The van der Waals surface area contributed by atoms with Crippen LogP contribution in [-0.4, -0.2) is 34.7 Å². The smallest absolute Gasteiger partial charge is 0.407 e. The highest BCUT2D eigenvalue weighted by Crippen LogP contribution is 2.83. The fourth-order valence-corrected chi connectivity index (χ4v) is 6.29. The van der Waals surface area contributed by atoms with Gasteiger partial charge in [-0.15, -0.1) is 0 Å². The molecule has 4 heteroatoms.